The number of methoxy groups -OCH3 is 1. The summed E-state index contributed by atoms with van der Waals surface area (Å²) in [7, 11) is 1.49. The monoisotopic (exact) mass is 410 g/mol. The Morgan fingerprint density at radius 1 is 1.27 bits per heavy atom. The lowest BCUT2D eigenvalue weighted by atomic mass is 9.82. The van der Waals surface area contributed by atoms with E-state index >= 15 is 0 Å². The molecule has 2 atom stereocenters. The molecule has 7 nitrogen and oxygen atoms in total. The molecule has 7 heteroatoms. The van der Waals surface area contributed by atoms with Crippen LogP contribution in [0.15, 0.2) is 48.7 Å². The second kappa shape index (κ2) is 8.59. The highest BCUT2D eigenvalue weighted by Gasteiger charge is 2.46. The van der Waals surface area contributed by atoms with Crippen molar-refractivity contribution in [3.63, 3.8) is 0 Å². The number of aromatic nitrogens is 1. The predicted molar refractivity (Wildman–Crippen MR) is 114 cm³/mol. The van der Waals surface area contributed by atoms with Crippen LogP contribution in [0.4, 0.5) is 0 Å². The zero-order chi connectivity index (χ0) is 21.9. The number of carboxylic acids is 1. The quantitative estimate of drug-likeness (QED) is 0.460. The molecule has 2 unspecified atom stereocenters. The smallest absolute Gasteiger partial charge is 0.348 e. The van der Waals surface area contributed by atoms with Gasteiger partial charge in [-0.05, 0) is 23.8 Å². The maximum absolute atomic E-state index is 12.5. The van der Waals surface area contributed by atoms with E-state index in [9.17, 15) is 14.7 Å². The molecule has 0 saturated heterocycles. The van der Waals surface area contributed by atoms with Crippen molar-refractivity contribution in [2.75, 3.05) is 7.11 Å². The fourth-order valence-electron chi connectivity index (χ4n) is 3.63. The number of benzene rings is 2. The molecule has 0 amide bonds. The first-order valence-corrected chi connectivity index (χ1v) is 9.69. The number of hydrogen-bond acceptors (Lipinski definition) is 5. The van der Waals surface area contributed by atoms with Gasteiger partial charge in [0.1, 0.15) is 11.5 Å². The summed E-state index contributed by atoms with van der Waals surface area (Å²) in [5.74, 6) is -0.976. The Balaban J connectivity index is 2.02. The summed E-state index contributed by atoms with van der Waals surface area (Å²) < 4.78 is 11.3. The number of carbonyl (C=O) groups excluding carboxylic acids is 1. The highest BCUT2D eigenvalue weighted by Crippen LogP contribution is 2.37. The molecule has 0 bridgehead atoms. The fourth-order valence-corrected chi connectivity index (χ4v) is 3.63. The van der Waals surface area contributed by atoms with E-state index < -0.39 is 23.5 Å². The minimum absolute atomic E-state index is 0.0113. The standard InChI is InChI=1S/C23H26N2O5/c1-14(2)23(22(27)28,30-21-10-16(29-3)9-8-15(21)13-26)11-19(24)18-12-25-20-7-5-4-6-17(18)20/h4-10,12-14,19,25H,11,24H2,1-3H3,(H,27,28). The molecular formula is C23H26N2O5. The number of aldehydes is 1. The lowest BCUT2D eigenvalue weighted by molar-refractivity contribution is -0.161. The molecule has 0 fully saturated rings. The van der Waals surface area contributed by atoms with Gasteiger partial charge in [-0.2, -0.15) is 0 Å². The number of rotatable bonds is 9. The molecule has 3 aromatic rings. The maximum Gasteiger partial charge on any atom is 0.348 e. The van der Waals surface area contributed by atoms with Crippen molar-refractivity contribution in [2.45, 2.75) is 31.9 Å². The number of aromatic amines is 1. The van der Waals surface area contributed by atoms with Gasteiger partial charge in [0, 0.05) is 41.5 Å². The van der Waals surface area contributed by atoms with Crippen LogP contribution in [0.3, 0.4) is 0 Å². The molecule has 30 heavy (non-hydrogen) atoms. The van der Waals surface area contributed by atoms with Crippen LogP contribution in [0.2, 0.25) is 0 Å². The molecule has 2 aromatic carbocycles. The van der Waals surface area contributed by atoms with Crippen LogP contribution in [-0.4, -0.2) is 35.1 Å². The normalized spacial score (nSPS) is 14.3. The van der Waals surface area contributed by atoms with E-state index in [4.69, 9.17) is 15.2 Å². The first-order valence-electron chi connectivity index (χ1n) is 9.69. The van der Waals surface area contributed by atoms with Crippen molar-refractivity contribution in [3.8, 4) is 11.5 Å². The average Bonchev–Trinajstić information content (AvgIpc) is 3.17. The van der Waals surface area contributed by atoms with E-state index in [1.807, 2.05) is 24.3 Å². The summed E-state index contributed by atoms with van der Waals surface area (Å²) >= 11 is 0. The van der Waals surface area contributed by atoms with Gasteiger partial charge in [0.2, 0.25) is 5.60 Å². The average molecular weight is 410 g/mol. The molecule has 4 N–H and O–H groups in total. The van der Waals surface area contributed by atoms with Crippen LogP contribution in [0.5, 0.6) is 11.5 Å². The van der Waals surface area contributed by atoms with Crippen LogP contribution >= 0.6 is 0 Å². The number of aliphatic carboxylic acids is 1. The van der Waals surface area contributed by atoms with E-state index in [0.717, 1.165) is 16.5 Å². The predicted octanol–water partition coefficient (Wildman–Crippen LogP) is 3.94. The number of carboxylic acid groups (broad SMARTS) is 1. The summed E-state index contributed by atoms with van der Waals surface area (Å²) in [5, 5.41) is 11.1. The molecule has 0 aliphatic carbocycles. The number of ether oxygens (including phenoxy) is 2. The van der Waals surface area contributed by atoms with Crippen LogP contribution in [0, 0.1) is 5.92 Å². The van der Waals surface area contributed by atoms with E-state index in [0.29, 0.717) is 12.0 Å². The Labute approximate surface area is 174 Å². The van der Waals surface area contributed by atoms with Crippen molar-refractivity contribution in [1.82, 2.24) is 4.98 Å². The minimum Gasteiger partial charge on any atom is -0.497 e. The molecule has 1 heterocycles. The first-order chi connectivity index (χ1) is 14.3. The SMILES string of the molecule is COc1ccc(C=O)c(OC(CC(N)c2c[nH]c3ccccc23)(C(=O)O)C(C)C)c1. The van der Waals surface area contributed by atoms with Gasteiger partial charge >= 0.3 is 5.97 Å². The molecule has 0 aliphatic rings. The van der Waals surface area contributed by atoms with Gasteiger partial charge in [0.25, 0.3) is 0 Å². The third kappa shape index (κ3) is 3.89. The Bertz CT molecular complexity index is 1060. The second-order valence-electron chi connectivity index (χ2n) is 7.57. The highest BCUT2D eigenvalue weighted by atomic mass is 16.5. The molecule has 1 aromatic heterocycles. The van der Waals surface area contributed by atoms with Gasteiger partial charge < -0.3 is 25.3 Å². The summed E-state index contributed by atoms with van der Waals surface area (Å²) in [4.78, 5) is 27.2. The van der Waals surface area contributed by atoms with Gasteiger partial charge in [-0.25, -0.2) is 4.79 Å². The molecule has 0 radical (unpaired) electrons. The number of nitrogens with one attached hydrogen (secondary N) is 1. The van der Waals surface area contributed by atoms with E-state index in [-0.39, 0.29) is 17.7 Å². The third-order valence-corrected chi connectivity index (χ3v) is 5.48. The van der Waals surface area contributed by atoms with Crippen molar-refractivity contribution in [3.05, 3.63) is 59.8 Å². The fraction of sp³-hybridized carbons (Fsp3) is 0.304. The molecule has 3 rings (SSSR count). The Morgan fingerprint density at radius 3 is 2.63 bits per heavy atom. The molecule has 0 saturated carbocycles. The first kappa shape index (κ1) is 21.4. The Morgan fingerprint density at radius 2 is 2.00 bits per heavy atom. The summed E-state index contributed by atoms with van der Waals surface area (Å²) in [6.07, 6.45) is 2.43. The number of H-pyrrole nitrogens is 1. The van der Waals surface area contributed by atoms with Gasteiger partial charge in [-0.3, -0.25) is 4.79 Å². The number of nitrogens with two attached hydrogens (primary N) is 1. The summed E-state index contributed by atoms with van der Waals surface area (Å²) in [5.41, 5.74) is 6.81. The molecular weight excluding hydrogens is 384 g/mol. The zero-order valence-electron chi connectivity index (χ0n) is 17.2. The van der Waals surface area contributed by atoms with Crippen molar-refractivity contribution >= 4 is 23.2 Å². The second-order valence-corrected chi connectivity index (χ2v) is 7.57. The lowest BCUT2D eigenvalue weighted by Crippen LogP contribution is -2.51. The number of para-hydroxylation sites is 1. The third-order valence-electron chi connectivity index (χ3n) is 5.48. The molecule has 158 valence electrons. The summed E-state index contributed by atoms with van der Waals surface area (Å²) in [6.45, 7) is 3.52. The van der Waals surface area contributed by atoms with Gasteiger partial charge in [-0.1, -0.05) is 32.0 Å². The largest absolute Gasteiger partial charge is 0.497 e. The summed E-state index contributed by atoms with van der Waals surface area (Å²) in [6, 6.07) is 11.7. The van der Waals surface area contributed by atoms with E-state index in [2.05, 4.69) is 4.98 Å². The number of fused-ring (bicyclic) bond motifs is 1. The zero-order valence-corrected chi connectivity index (χ0v) is 17.2. The molecule has 0 spiro atoms. The number of carbonyl (C=O) groups is 2. The van der Waals surface area contributed by atoms with E-state index in [1.165, 1.54) is 19.2 Å². The Kier molecular flexibility index (Phi) is 6.12. The minimum atomic E-state index is -1.65. The van der Waals surface area contributed by atoms with Crippen LogP contribution < -0.4 is 15.2 Å². The Hall–Kier alpha value is -3.32. The van der Waals surface area contributed by atoms with Crippen molar-refractivity contribution in [1.29, 1.82) is 0 Å². The van der Waals surface area contributed by atoms with Crippen molar-refractivity contribution in [2.24, 2.45) is 11.7 Å². The highest BCUT2D eigenvalue weighted by molar-refractivity contribution is 5.84. The van der Waals surface area contributed by atoms with Crippen LogP contribution in [0.25, 0.3) is 10.9 Å². The van der Waals surface area contributed by atoms with Gasteiger partial charge in [0.05, 0.1) is 12.7 Å². The lowest BCUT2D eigenvalue weighted by Gasteiger charge is -2.36. The van der Waals surface area contributed by atoms with Crippen molar-refractivity contribution < 1.29 is 24.2 Å². The molecule has 0 aliphatic heterocycles. The van der Waals surface area contributed by atoms with Gasteiger partial charge in [-0.15, -0.1) is 0 Å². The maximum atomic E-state index is 12.5. The van der Waals surface area contributed by atoms with Crippen LogP contribution in [-0.2, 0) is 4.79 Å². The van der Waals surface area contributed by atoms with E-state index in [1.54, 1.807) is 26.1 Å². The number of hydrogen-bond donors (Lipinski definition) is 3. The topological polar surface area (TPSA) is 115 Å². The van der Waals surface area contributed by atoms with Gasteiger partial charge in [0.15, 0.2) is 6.29 Å². The van der Waals surface area contributed by atoms with Crippen LogP contribution in [0.1, 0.15) is 42.2 Å².